The highest BCUT2D eigenvalue weighted by atomic mass is 19.1. The van der Waals surface area contributed by atoms with Gasteiger partial charge in [-0.05, 0) is 28.8 Å². The summed E-state index contributed by atoms with van der Waals surface area (Å²) in [4.78, 5) is 0. The van der Waals surface area contributed by atoms with E-state index in [-0.39, 0.29) is 12.4 Å². The summed E-state index contributed by atoms with van der Waals surface area (Å²) >= 11 is 0. The van der Waals surface area contributed by atoms with Crippen molar-refractivity contribution in [3.05, 3.63) is 53.8 Å². The van der Waals surface area contributed by atoms with Crippen LogP contribution in [0.25, 0.3) is 11.1 Å². The van der Waals surface area contributed by atoms with Crippen LogP contribution in [-0.4, -0.2) is 10.2 Å². The van der Waals surface area contributed by atoms with Crippen LogP contribution in [0.4, 0.5) is 4.39 Å². The lowest BCUT2D eigenvalue weighted by molar-refractivity contribution is 0.282. The topological polar surface area (TPSA) is 40.5 Å². The molecule has 0 bridgehead atoms. The monoisotopic (exact) mass is 218 g/mol. The fourth-order valence-electron chi connectivity index (χ4n) is 1.49. The third-order valence-corrected chi connectivity index (χ3v) is 2.42. The zero-order valence-corrected chi connectivity index (χ0v) is 8.52. The maximum absolute atomic E-state index is 12.9. The number of hydrogen-bond acceptors (Lipinski definition) is 2. The van der Waals surface area contributed by atoms with Gasteiger partial charge >= 0.3 is 0 Å². The maximum atomic E-state index is 12.9. The Hall–Kier alpha value is -1.87. The average Bonchev–Trinajstić information content (AvgIpc) is 2.33. The summed E-state index contributed by atoms with van der Waals surface area (Å²) < 4.78 is 12.9. The number of aliphatic hydroxyl groups excluding tert-OH is 1. The smallest absolute Gasteiger partial charge is 0.164 e. The molecule has 2 rings (SSSR count). The zero-order valence-electron chi connectivity index (χ0n) is 8.52. The first-order valence-corrected chi connectivity index (χ1v) is 4.89. The minimum absolute atomic E-state index is 0.00501. The Morgan fingerprint density at radius 1 is 0.938 bits per heavy atom. The van der Waals surface area contributed by atoms with E-state index in [1.54, 1.807) is 18.2 Å². The second-order valence-electron chi connectivity index (χ2n) is 3.52. The number of aromatic hydroxyl groups is 1. The molecule has 0 fully saturated rings. The number of rotatable bonds is 2. The Labute approximate surface area is 92.6 Å². The van der Waals surface area contributed by atoms with Gasteiger partial charge in [0.1, 0.15) is 0 Å². The number of halogens is 1. The lowest BCUT2D eigenvalue weighted by Crippen LogP contribution is -1.84. The molecule has 0 saturated carbocycles. The molecule has 0 radical (unpaired) electrons. The van der Waals surface area contributed by atoms with Crippen LogP contribution < -0.4 is 0 Å². The third-order valence-electron chi connectivity index (χ3n) is 2.42. The molecule has 0 heterocycles. The number of hydrogen-bond donors (Lipinski definition) is 2. The van der Waals surface area contributed by atoms with Gasteiger partial charge in [-0.25, -0.2) is 4.39 Å². The molecule has 0 saturated heterocycles. The Balaban J connectivity index is 2.38. The standard InChI is InChI=1S/C13H11FO2/c14-12-6-5-11(7-13(12)16)10-3-1-9(8-15)2-4-10/h1-7,15-16H,8H2. The fourth-order valence-corrected chi connectivity index (χ4v) is 1.49. The molecule has 0 aliphatic carbocycles. The highest BCUT2D eigenvalue weighted by Gasteiger charge is 2.03. The second kappa shape index (κ2) is 4.33. The lowest BCUT2D eigenvalue weighted by atomic mass is 10.0. The van der Waals surface area contributed by atoms with Gasteiger partial charge in [0, 0.05) is 0 Å². The van der Waals surface area contributed by atoms with Crippen molar-refractivity contribution in [2.45, 2.75) is 6.61 Å². The number of aliphatic hydroxyl groups is 1. The molecule has 0 unspecified atom stereocenters. The highest BCUT2D eigenvalue weighted by molar-refractivity contribution is 5.65. The van der Waals surface area contributed by atoms with E-state index in [9.17, 15) is 9.50 Å². The molecular weight excluding hydrogens is 207 g/mol. The normalized spacial score (nSPS) is 10.4. The quantitative estimate of drug-likeness (QED) is 0.813. The van der Waals surface area contributed by atoms with Crippen molar-refractivity contribution in [2.24, 2.45) is 0 Å². The summed E-state index contributed by atoms with van der Waals surface area (Å²) in [5.41, 5.74) is 2.42. The molecule has 2 aromatic carbocycles. The summed E-state index contributed by atoms with van der Waals surface area (Å²) in [7, 11) is 0. The summed E-state index contributed by atoms with van der Waals surface area (Å²) in [6.45, 7) is -0.00501. The van der Waals surface area contributed by atoms with Crippen molar-refractivity contribution < 1.29 is 14.6 Å². The van der Waals surface area contributed by atoms with Gasteiger partial charge in [-0.2, -0.15) is 0 Å². The van der Waals surface area contributed by atoms with Gasteiger partial charge in [0.25, 0.3) is 0 Å². The minimum atomic E-state index is -0.629. The molecule has 2 nitrogen and oxygen atoms in total. The van der Waals surface area contributed by atoms with E-state index >= 15 is 0 Å². The number of phenols is 1. The molecule has 0 aliphatic rings. The van der Waals surface area contributed by atoms with Crippen LogP contribution >= 0.6 is 0 Å². The SMILES string of the molecule is OCc1ccc(-c2ccc(F)c(O)c2)cc1. The Bertz CT molecular complexity index is 492. The predicted octanol–water partition coefficient (Wildman–Crippen LogP) is 2.69. The van der Waals surface area contributed by atoms with Gasteiger partial charge in [-0.1, -0.05) is 30.3 Å². The summed E-state index contributed by atoms with van der Waals surface area (Å²) in [6, 6.07) is 11.4. The molecule has 0 aliphatic heterocycles. The lowest BCUT2D eigenvalue weighted by Gasteiger charge is -2.04. The van der Waals surface area contributed by atoms with E-state index in [1.807, 2.05) is 12.1 Å². The number of phenolic OH excluding ortho intramolecular Hbond substituents is 1. The predicted molar refractivity (Wildman–Crippen MR) is 59.4 cm³/mol. The van der Waals surface area contributed by atoms with Gasteiger partial charge in [-0.3, -0.25) is 0 Å². The first kappa shape index (κ1) is 10.6. The molecule has 2 aromatic rings. The van der Waals surface area contributed by atoms with Crippen molar-refractivity contribution in [3.8, 4) is 16.9 Å². The van der Waals surface area contributed by atoms with E-state index < -0.39 is 5.82 Å². The van der Waals surface area contributed by atoms with Gasteiger partial charge < -0.3 is 10.2 Å². The van der Waals surface area contributed by atoms with Crippen LogP contribution in [0.15, 0.2) is 42.5 Å². The average molecular weight is 218 g/mol. The molecule has 0 amide bonds. The molecule has 0 spiro atoms. The largest absolute Gasteiger partial charge is 0.505 e. The van der Waals surface area contributed by atoms with Crippen LogP contribution in [0.3, 0.4) is 0 Å². The highest BCUT2D eigenvalue weighted by Crippen LogP contribution is 2.25. The first-order valence-electron chi connectivity index (χ1n) is 4.89. The van der Waals surface area contributed by atoms with Crippen molar-refractivity contribution in [1.82, 2.24) is 0 Å². The van der Waals surface area contributed by atoms with Crippen LogP contribution in [0.1, 0.15) is 5.56 Å². The van der Waals surface area contributed by atoms with Gasteiger partial charge in [-0.15, -0.1) is 0 Å². The fraction of sp³-hybridized carbons (Fsp3) is 0.0769. The summed E-state index contributed by atoms with van der Waals surface area (Å²) in [5, 5.41) is 18.1. The Kier molecular flexibility index (Phi) is 2.88. The van der Waals surface area contributed by atoms with Crippen LogP contribution in [0.5, 0.6) is 5.75 Å². The summed E-state index contributed by atoms with van der Waals surface area (Å²) in [5.74, 6) is -0.987. The van der Waals surface area contributed by atoms with Crippen molar-refractivity contribution in [1.29, 1.82) is 0 Å². The Morgan fingerprint density at radius 3 is 2.12 bits per heavy atom. The van der Waals surface area contributed by atoms with Crippen LogP contribution in [0, 0.1) is 5.82 Å². The van der Waals surface area contributed by atoms with Gasteiger partial charge in [0.15, 0.2) is 11.6 Å². The molecule has 82 valence electrons. The van der Waals surface area contributed by atoms with Crippen molar-refractivity contribution >= 4 is 0 Å². The van der Waals surface area contributed by atoms with Crippen LogP contribution in [0.2, 0.25) is 0 Å². The molecular formula is C13H11FO2. The van der Waals surface area contributed by atoms with Crippen LogP contribution in [-0.2, 0) is 6.61 Å². The molecule has 16 heavy (non-hydrogen) atoms. The van der Waals surface area contributed by atoms with Crippen molar-refractivity contribution in [3.63, 3.8) is 0 Å². The van der Waals surface area contributed by atoms with E-state index in [0.29, 0.717) is 0 Å². The Morgan fingerprint density at radius 2 is 1.56 bits per heavy atom. The molecule has 2 N–H and O–H groups in total. The maximum Gasteiger partial charge on any atom is 0.164 e. The van der Waals surface area contributed by atoms with Gasteiger partial charge in [0.2, 0.25) is 0 Å². The van der Waals surface area contributed by atoms with Gasteiger partial charge in [0.05, 0.1) is 6.61 Å². The molecule has 0 aromatic heterocycles. The minimum Gasteiger partial charge on any atom is -0.505 e. The summed E-state index contributed by atoms with van der Waals surface area (Å²) in [6.07, 6.45) is 0. The second-order valence-corrected chi connectivity index (χ2v) is 3.52. The first-order chi connectivity index (χ1) is 7.70. The third kappa shape index (κ3) is 2.04. The van der Waals surface area contributed by atoms with Crippen molar-refractivity contribution in [2.75, 3.05) is 0 Å². The number of benzene rings is 2. The van der Waals surface area contributed by atoms with E-state index in [0.717, 1.165) is 16.7 Å². The zero-order chi connectivity index (χ0) is 11.5. The van der Waals surface area contributed by atoms with E-state index in [2.05, 4.69) is 0 Å². The van der Waals surface area contributed by atoms with E-state index in [1.165, 1.54) is 12.1 Å². The molecule has 3 heteroatoms. The van der Waals surface area contributed by atoms with E-state index in [4.69, 9.17) is 5.11 Å². The molecule has 0 atom stereocenters.